The van der Waals surface area contributed by atoms with Gasteiger partial charge in [-0.2, -0.15) is 0 Å². The highest BCUT2D eigenvalue weighted by atomic mass is 16.6. The van der Waals surface area contributed by atoms with Crippen molar-refractivity contribution >= 4 is 11.4 Å². The van der Waals surface area contributed by atoms with Crippen molar-refractivity contribution in [1.29, 1.82) is 0 Å². The van der Waals surface area contributed by atoms with E-state index in [0.29, 0.717) is 29.4 Å². The SMILES string of the molecule is NC1(OCC2CO2)N=[N+]([O-])c2ccccc2N1. The molecule has 0 saturated carbocycles. The Morgan fingerprint density at radius 3 is 3.18 bits per heavy atom. The number of nitrogens with zero attached hydrogens (tertiary/aromatic N) is 2. The Kier molecular flexibility index (Phi) is 2.25. The van der Waals surface area contributed by atoms with Crippen molar-refractivity contribution in [1.82, 2.24) is 0 Å². The molecule has 0 aromatic heterocycles. The Morgan fingerprint density at radius 2 is 2.41 bits per heavy atom. The molecular formula is C10H12N4O3. The molecule has 17 heavy (non-hydrogen) atoms. The van der Waals surface area contributed by atoms with Gasteiger partial charge in [0, 0.05) is 6.07 Å². The second-order valence-corrected chi connectivity index (χ2v) is 3.98. The van der Waals surface area contributed by atoms with Crippen LogP contribution in [-0.4, -0.2) is 30.2 Å². The molecule has 90 valence electrons. The number of hydrogen-bond donors (Lipinski definition) is 2. The van der Waals surface area contributed by atoms with Gasteiger partial charge < -0.3 is 20.0 Å². The molecule has 2 aliphatic heterocycles. The second kappa shape index (κ2) is 3.66. The summed E-state index contributed by atoms with van der Waals surface area (Å²) in [6.45, 7) is 0.969. The molecule has 1 saturated heterocycles. The highest BCUT2D eigenvalue weighted by molar-refractivity contribution is 5.62. The van der Waals surface area contributed by atoms with Gasteiger partial charge in [-0.15, -0.1) is 0 Å². The largest absolute Gasteiger partial charge is 0.594 e. The van der Waals surface area contributed by atoms with E-state index >= 15 is 0 Å². The van der Waals surface area contributed by atoms with Gasteiger partial charge in [0.25, 0.3) is 5.69 Å². The van der Waals surface area contributed by atoms with Gasteiger partial charge in [0.2, 0.25) is 0 Å². The van der Waals surface area contributed by atoms with Crippen LogP contribution in [0.1, 0.15) is 0 Å². The summed E-state index contributed by atoms with van der Waals surface area (Å²) in [6, 6.07) is 6.95. The molecule has 2 aliphatic rings. The first-order valence-corrected chi connectivity index (χ1v) is 5.28. The average molecular weight is 236 g/mol. The van der Waals surface area contributed by atoms with Crippen LogP contribution in [0, 0.1) is 5.21 Å². The molecule has 0 bridgehead atoms. The van der Waals surface area contributed by atoms with Crippen molar-refractivity contribution in [3.63, 3.8) is 0 Å². The van der Waals surface area contributed by atoms with Crippen molar-refractivity contribution in [3.8, 4) is 0 Å². The molecule has 0 radical (unpaired) electrons. The zero-order valence-electron chi connectivity index (χ0n) is 9.00. The maximum atomic E-state index is 11.7. The number of nitrogens with two attached hydrogens (primary N) is 1. The number of hydrogen-bond acceptors (Lipinski definition) is 6. The molecule has 1 fully saturated rings. The molecular weight excluding hydrogens is 224 g/mol. The number of epoxide rings is 1. The summed E-state index contributed by atoms with van der Waals surface area (Å²) in [5.74, 6) is -1.53. The highest BCUT2D eigenvalue weighted by Gasteiger charge is 2.38. The Morgan fingerprint density at radius 1 is 1.65 bits per heavy atom. The van der Waals surface area contributed by atoms with Crippen LogP contribution >= 0.6 is 0 Å². The topological polar surface area (TPSA) is 98.2 Å². The van der Waals surface area contributed by atoms with Crippen LogP contribution < -0.4 is 11.1 Å². The molecule has 3 rings (SSSR count). The van der Waals surface area contributed by atoms with Crippen LogP contribution in [0.4, 0.5) is 11.4 Å². The second-order valence-electron chi connectivity index (χ2n) is 3.98. The number of para-hydroxylation sites is 2. The normalized spacial score (nSPS) is 30.2. The first-order valence-electron chi connectivity index (χ1n) is 5.28. The van der Waals surface area contributed by atoms with Crippen LogP contribution in [0.15, 0.2) is 29.4 Å². The predicted molar refractivity (Wildman–Crippen MR) is 58.4 cm³/mol. The van der Waals surface area contributed by atoms with Crippen LogP contribution in [0.25, 0.3) is 0 Å². The molecule has 2 heterocycles. The molecule has 3 N–H and O–H groups in total. The third kappa shape index (κ3) is 2.07. The first-order chi connectivity index (χ1) is 8.16. The number of nitrogens with one attached hydrogen (secondary N) is 1. The molecule has 0 spiro atoms. The summed E-state index contributed by atoms with van der Waals surface area (Å²) < 4.78 is 10.4. The van der Waals surface area contributed by atoms with Gasteiger partial charge in [-0.3, -0.25) is 5.73 Å². The fraction of sp³-hybridized carbons (Fsp3) is 0.400. The summed E-state index contributed by atoms with van der Waals surface area (Å²) in [4.78, 5) is 0.472. The number of benzene rings is 1. The molecule has 7 nitrogen and oxygen atoms in total. The van der Waals surface area contributed by atoms with Gasteiger partial charge in [-0.1, -0.05) is 12.1 Å². The van der Waals surface area contributed by atoms with E-state index in [1.807, 2.05) is 0 Å². The van der Waals surface area contributed by atoms with Gasteiger partial charge in [0.15, 0.2) is 0 Å². The molecule has 2 unspecified atom stereocenters. The molecule has 1 aromatic rings. The Balaban J connectivity index is 1.82. The lowest BCUT2D eigenvalue weighted by Gasteiger charge is -2.27. The van der Waals surface area contributed by atoms with Crippen LogP contribution in [0.3, 0.4) is 0 Å². The Bertz CT molecular complexity index is 474. The van der Waals surface area contributed by atoms with Crippen molar-refractivity contribution in [2.24, 2.45) is 10.8 Å². The summed E-state index contributed by atoms with van der Waals surface area (Å²) in [7, 11) is 0. The minimum atomic E-state index is -1.53. The van der Waals surface area contributed by atoms with Crippen molar-refractivity contribution in [2.45, 2.75) is 12.1 Å². The minimum absolute atomic E-state index is 0.0599. The van der Waals surface area contributed by atoms with Gasteiger partial charge in [-0.25, -0.2) is 0 Å². The number of ether oxygens (including phenoxy) is 2. The summed E-state index contributed by atoms with van der Waals surface area (Å²) in [5.41, 5.74) is 6.85. The maximum absolute atomic E-state index is 11.7. The first kappa shape index (κ1) is 10.5. The van der Waals surface area contributed by atoms with Gasteiger partial charge in [0.05, 0.1) is 18.3 Å². The monoisotopic (exact) mass is 236 g/mol. The fourth-order valence-electron chi connectivity index (χ4n) is 1.60. The fourth-order valence-corrected chi connectivity index (χ4v) is 1.60. The molecule has 2 atom stereocenters. The van der Waals surface area contributed by atoms with Crippen molar-refractivity contribution in [2.75, 3.05) is 18.5 Å². The lowest BCUT2D eigenvalue weighted by Crippen LogP contribution is -2.51. The lowest BCUT2D eigenvalue weighted by atomic mass is 10.2. The lowest BCUT2D eigenvalue weighted by molar-refractivity contribution is -0.462. The molecule has 0 amide bonds. The van der Waals surface area contributed by atoms with Crippen molar-refractivity contribution < 1.29 is 14.3 Å². The van der Waals surface area contributed by atoms with E-state index in [4.69, 9.17) is 15.2 Å². The van der Waals surface area contributed by atoms with E-state index in [1.54, 1.807) is 24.3 Å². The van der Waals surface area contributed by atoms with E-state index in [0.717, 1.165) is 0 Å². The number of fused-ring (bicyclic) bond motifs is 1. The number of rotatable bonds is 3. The van der Waals surface area contributed by atoms with E-state index < -0.39 is 5.97 Å². The number of azo groups is 1. The van der Waals surface area contributed by atoms with Crippen LogP contribution in [0.5, 0.6) is 0 Å². The maximum Gasteiger partial charge on any atom is 0.358 e. The number of anilines is 1. The summed E-state index contributed by atoms with van der Waals surface area (Å²) >= 11 is 0. The Labute approximate surface area is 97.4 Å². The standard InChI is InChI=1S/C10H12N4O3/c11-10(17-6-7-5-16-7)12-8-3-1-2-4-9(8)14(15)13-10/h1-4,7,12H,5-6,11H2. The average Bonchev–Trinajstić information content (AvgIpc) is 3.10. The third-order valence-corrected chi connectivity index (χ3v) is 2.55. The molecule has 7 heteroatoms. The van der Waals surface area contributed by atoms with Gasteiger partial charge in [0.1, 0.15) is 11.8 Å². The van der Waals surface area contributed by atoms with E-state index in [9.17, 15) is 5.21 Å². The van der Waals surface area contributed by atoms with Crippen molar-refractivity contribution in [3.05, 3.63) is 29.5 Å². The summed E-state index contributed by atoms with van der Waals surface area (Å²) in [5, 5.41) is 18.3. The minimum Gasteiger partial charge on any atom is -0.594 e. The zero-order chi connectivity index (χ0) is 11.9. The van der Waals surface area contributed by atoms with Gasteiger partial charge in [-0.05, 0) is 10.9 Å². The highest BCUT2D eigenvalue weighted by Crippen LogP contribution is 2.31. The molecule has 0 aliphatic carbocycles. The van der Waals surface area contributed by atoms with Crippen LogP contribution in [0.2, 0.25) is 0 Å². The van der Waals surface area contributed by atoms with E-state index in [1.165, 1.54) is 0 Å². The zero-order valence-corrected chi connectivity index (χ0v) is 9.00. The van der Waals surface area contributed by atoms with Crippen LogP contribution in [-0.2, 0) is 9.47 Å². The molecule has 1 aromatic carbocycles. The van der Waals surface area contributed by atoms with Gasteiger partial charge >= 0.3 is 5.97 Å². The smallest absolute Gasteiger partial charge is 0.358 e. The quantitative estimate of drug-likeness (QED) is 0.348. The summed E-state index contributed by atoms with van der Waals surface area (Å²) in [6.07, 6.45) is 0.0599. The van der Waals surface area contributed by atoms with E-state index in [2.05, 4.69) is 10.4 Å². The predicted octanol–water partition coefficient (Wildman–Crippen LogP) is 0.691. The third-order valence-electron chi connectivity index (χ3n) is 2.55. The Hall–Kier alpha value is -1.70. The van der Waals surface area contributed by atoms with E-state index in [-0.39, 0.29) is 6.10 Å².